The zero-order valence-electron chi connectivity index (χ0n) is 7.49. The van der Waals surface area contributed by atoms with Crippen molar-refractivity contribution < 1.29 is 5.11 Å². The van der Waals surface area contributed by atoms with Crippen LogP contribution in [0.2, 0.25) is 0 Å². The topological polar surface area (TPSA) is 44.6 Å². The first-order valence-electron chi connectivity index (χ1n) is 4.34. The van der Waals surface area contributed by atoms with E-state index in [2.05, 4.69) is 10.3 Å². The van der Waals surface area contributed by atoms with Crippen molar-refractivity contribution in [2.75, 3.05) is 5.32 Å². The number of aliphatic imine (C=N–C) groups is 1. The van der Waals surface area contributed by atoms with Crippen LogP contribution in [-0.2, 0) is 6.54 Å². The molecule has 2 N–H and O–H groups in total. The standard InChI is InChI=1S/C10H12N2O/c1-7(13)10-11-6-8-4-2-3-5-9(8)12-10/h2-5,7,13H,6H2,1H3,(H,11,12). The van der Waals surface area contributed by atoms with Crippen molar-refractivity contribution in [1.29, 1.82) is 0 Å². The fourth-order valence-electron chi connectivity index (χ4n) is 1.36. The van der Waals surface area contributed by atoms with Gasteiger partial charge in [-0.05, 0) is 18.6 Å². The van der Waals surface area contributed by atoms with E-state index in [-0.39, 0.29) is 0 Å². The van der Waals surface area contributed by atoms with E-state index in [1.165, 1.54) is 5.56 Å². The first-order valence-corrected chi connectivity index (χ1v) is 4.34. The van der Waals surface area contributed by atoms with Crippen LogP contribution in [0.5, 0.6) is 0 Å². The number of amidine groups is 1. The Morgan fingerprint density at radius 3 is 3.00 bits per heavy atom. The van der Waals surface area contributed by atoms with Gasteiger partial charge in [0.15, 0.2) is 0 Å². The zero-order valence-corrected chi connectivity index (χ0v) is 7.49. The van der Waals surface area contributed by atoms with E-state index >= 15 is 0 Å². The van der Waals surface area contributed by atoms with E-state index in [0.717, 1.165) is 5.69 Å². The van der Waals surface area contributed by atoms with Gasteiger partial charge in [-0.25, -0.2) is 0 Å². The highest BCUT2D eigenvalue weighted by Crippen LogP contribution is 2.20. The average molecular weight is 176 g/mol. The van der Waals surface area contributed by atoms with Gasteiger partial charge in [-0.2, -0.15) is 0 Å². The second-order valence-corrected chi connectivity index (χ2v) is 3.16. The molecule has 0 radical (unpaired) electrons. The lowest BCUT2D eigenvalue weighted by atomic mass is 10.1. The quantitative estimate of drug-likeness (QED) is 0.679. The molecule has 0 fully saturated rings. The van der Waals surface area contributed by atoms with Crippen LogP contribution in [0.4, 0.5) is 5.69 Å². The van der Waals surface area contributed by atoms with Gasteiger partial charge in [-0.1, -0.05) is 18.2 Å². The molecule has 1 atom stereocenters. The molecule has 1 aliphatic rings. The Morgan fingerprint density at radius 1 is 1.46 bits per heavy atom. The number of nitrogens with zero attached hydrogens (tertiary/aromatic N) is 1. The lowest BCUT2D eigenvalue weighted by molar-refractivity contribution is 0.261. The number of nitrogens with one attached hydrogen (secondary N) is 1. The van der Waals surface area contributed by atoms with Crippen LogP contribution in [0.3, 0.4) is 0 Å². The molecule has 0 bridgehead atoms. The summed E-state index contributed by atoms with van der Waals surface area (Å²) in [6, 6.07) is 7.98. The van der Waals surface area contributed by atoms with Crippen molar-refractivity contribution in [2.45, 2.75) is 19.6 Å². The minimum absolute atomic E-state index is 0.520. The molecular formula is C10H12N2O. The number of hydrogen-bond acceptors (Lipinski definition) is 3. The van der Waals surface area contributed by atoms with Crippen LogP contribution in [-0.4, -0.2) is 17.0 Å². The van der Waals surface area contributed by atoms with Crippen molar-refractivity contribution in [2.24, 2.45) is 4.99 Å². The van der Waals surface area contributed by atoms with Crippen LogP contribution >= 0.6 is 0 Å². The predicted molar refractivity (Wildman–Crippen MR) is 52.9 cm³/mol. The van der Waals surface area contributed by atoms with Crippen LogP contribution in [0.1, 0.15) is 12.5 Å². The van der Waals surface area contributed by atoms with Gasteiger partial charge < -0.3 is 10.4 Å². The monoisotopic (exact) mass is 176 g/mol. The highest BCUT2D eigenvalue weighted by atomic mass is 16.3. The summed E-state index contributed by atoms with van der Waals surface area (Å²) in [7, 11) is 0. The molecule has 0 aromatic heterocycles. The van der Waals surface area contributed by atoms with Gasteiger partial charge in [0, 0.05) is 5.69 Å². The molecule has 2 rings (SSSR count). The van der Waals surface area contributed by atoms with Crippen molar-refractivity contribution in [3.63, 3.8) is 0 Å². The molecule has 3 heteroatoms. The van der Waals surface area contributed by atoms with Gasteiger partial charge in [0.2, 0.25) is 0 Å². The highest BCUT2D eigenvalue weighted by molar-refractivity contribution is 6.00. The van der Waals surface area contributed by atoms with E-state index in [9.17, 15) is 5.11 Å². The normalized spacial score (nSPS) is 16.9. The second kappa shape index (κ2) is 3.18. The van der Waals surface area contributed by atoms with Crippen LogP contribution in [0, 0.1) is 0 Å². The molecule has 68 valence electrons. The number of rotatable bonds is 1. The minimum atomic E-state index is -0.520. The summed E-state index contributed by atoms with van der Waals surface area (Å²) in [6.07, 6.45) is -0.520. The number of para-hydroxylation sites is 1. The fourth-order valence-corrected chi connectivity index (χ4v) is 1.36. The molecule has 3 nitrogen and oxygen atoms in total. The maximum atomic E-state index is 9.31. The number of anilines is 1. The maximum Gasteiger partial charge on any atom is 0.130 e. The molecule has 1 aromatic carbocycles. The van der Waals surface area contributed by atoms with Crippen LogP contribution < -0.4 is 5.32 Å². The van der Waals surface area contributed by atoms with Gasteiger partial charge in [0.05, 0.1) is 6.54 Å². The Bertz CT molecular complexity index is 345. The van der Waals surface area contributed by atoms with Crippen LogP contribution in [0.15, 0.2) is 29.3 Å². The van der Waals surface area contributed by atoms with Gasteiger partial charge in [0.1, 0.15) is 11.9 Å². The smallest absolute Gasteiger partial charge is 0.130 e. The molecule has 0 spiro atoms. The second-order valence-electron chi connectivity index (χ2n) is 3.16. The summed E-state index contributed by atoms with van der Waals surface area (Å²) in [4.78, 5) is 4.23. The molecule has 0 saturated heterocycles. The molecule has 13 heavy (non-hydrogen) atoms. The lowest BCUT2D eigenvalue weighted by Crippen LogP contribution is -2.28. The number of hydrogen-bond donors (Lipinski definition) is 2. The summed E-state index contributed by atoms with van der Waals surface area (Å²) < 4.78 is 0. The molecule has 1 aliphatic heterocycles. The zero-order chi connectivity index (χ0) is 9.26. The third-order valence-corrected chi connectivity index (χ3v) is 2.10. The third-order valence-electron chi connectivity index (χ3n) is 2.10. The predicted octanol–water partition coefficient (Wildman–Crippen LogP) is 1.39. The van der Waals surface area contributed by atoms with Crippen molar-refractivity contribution in [1.82, 2.24) is 0 Å². The molecule has 1 unspecified atom stereocenters. The molecule has 0 aliphatic carbocycles. The summed E-state index contributed by atoms with van der Waals surface area (Å²) in [5.41, 5.74) is 2.22. The Balaban J connectivity index is 2.28. The number of benzene rings is 1. The maximum absolute atomic E-state index is 9.31. The fraction of sp³-hybridized carbons (Fsp3) is 0.300. The van der Waals surface area contributed by atoms with Gasteiger partial charge in [-0.3, -0.25) is 4.99 Å². The summed E-state index contributed by atoms with van der Waals surface area (Å²) >= 11 is 0. The Hall–Kier alpha value is -1.35. The average Bonchev–Trinajstić information content (AvgIpc) is 2.17. The molecule has 1 heterocycles. The third kappa shape index (κ3) is 1.55. The largest absolute Gasteiger partial charge is 0.385 e. The van der Waals surface area contributed by atoms with Crippen molar-refractivity contribution >= 4 is 11.5 Å². The molecule has 1 aromatic rings. The molecule has 0 amide bonds. The number of fused-ring (bicyclic) bond motifs is 1. The van der Waals surface area contributed by atoms with Crippen molar-refractivity contribution in [3.05, 3.63) is 29.8 Å². The first kappa shape index (κ1) is 8.26. The van der Waals surface area contributed by atoms with E-state index in [1.807, 2.05) is 24.3 Å². The van der Waals surface area contributed by atoms with Crippen molar-refractivity contribution in [3.8, 4) is 0 Å². The van der Waals surface area contributed by atoms with E-state index in [1.54, 1.807) is 6.92 Å². The Kier molecular flexibility index (Phi) is 2.02. The van der Waals surface area contributed by atoms with E-state index in [0.29, 0.717) is 12.4 Å². The number of aliphatic hydroxyl groups is 1. The summed E-state index contributed by atoms with van der Waals surface area (Å²) in [5.74, 6) is 0.652. The summed E-state index contributed by atoms with van der Waals surface area (Å²) in [5, 5.41) is 12.4. The minimum Gasteiger partial charge on any atom is -0.385 e. The summed E-state index contributed by atoms with van der Waals surface area (Å²) in [6.45, 7) is 2.36. The van der Waals surface area contributed by atoms with Crippen LogP contribution in [0.25, 0.3) is 0 Å². The SMILES string of the molecule is CC(O)C1=NCc2ccccc2N1. The molecule has 0 saturated carbocycles. The first-order chi connectivity index (χ1) is 6.27. The molecular weight excluding hydrogens is 164 g/mol. The highest BCUT2D eigenvalue weighted by Gasteiger charge is 2.13. The number of aliphatic hydroxyl groups excluding tert-OH is 1. The Labute approximate surface area is 77.1 Å². The van der Waals surface area contributed by atoms with Gasteiger partial charge >= 0.3 is 0 Å². The Morgan fingerprint density at radius 2 is 2.23 bits per heavy atom. The lowest BCUT2D eigenvalue weighted by Gasteiger charge is -2.19. The van der Waals surface area contributed by atoms with E-state index in [4.69, 9.17) is 0 Å². The van der Waals surface area contributed by atoms with Gasteiger partial charge in [-0.15, -0.1) is 0 Å². The van der Waals surface area contributed by atoms with E-state index < -0.39 is 6.10 Å². The van der Waals surface area contributed by atoms with Gasteiger partial charge in [0.25, 0.3) is 0 Å².